The smallest absolute Gasteiger partial charge is 0.318 e. The molecule has 0 radical (unpaired) electrons. The average molecular weight is 474 g/mol. The van der Waals surface area contributed by atoms with E-state index in [1.165, 1.54) is 0 Å². The van der Waals surface area contributed by atoms with Crippen molar-refractivity contribution in [2.45, 2.75) is 25.1 Å². The van der Waals surface area contributed by atoms with Crippen molar-refractivity contribution in [2.75, 3.05) is 44.7 Å². The number of benzene rings is 1. The van der Waals surface area contributed by atoms with Gasteiger partial charge in [-0.1, -0.05) is 28.1 Å². The van der Waals surface area contributed by atoms with Gasteiger partial charge < -0.3 is 25.1 Å². The number of piperazine rings is 1. The number of aliphatic hydroxyl groups is 1. The van der Waals surface area contributed by atoms with E-state index in [2.05, 4.69) is 49.1 Å². The molecule has 0 aliphatic carbocycles. The number of anilines is 1. The van der Waals surface area contributed by atoms with Crippen molar-refractivity contribution in [1.29, 1.82) is 0 Å². The van der Waals surface area contributed by atoms with E-state index in [1.807, 2.05) is 30.3 Å². The molecular weight excluding hydrogens is 446 g/mol. The SMILES string of the molecule is CN1CCN(c2cc(CNC(=O)N3CC[C@@H](O)[C@H]3c3ccc(Br)cc3)ccn2)CC1. The number of aliphatic hydroxyl groups excluding tert-OH is 1. The molecule has 2 aliphatic rings. The molecule has 2 amide bonds. The van der Waals surface area contributed by atoms with Crippen molar-refractivity contribution in [3.8, 4) is 0 Å². The molecule has 160 valence electrons. The van der Waals surface area contributed by atoms with Gasteiger partial charge in [-0.15, -0.1) is 0 Å². The molecule has 2 fully saturated rings. The Kier molecular flexibility index (Phi) is 6.55. The van der Waals surface area contributed by atoms with Crippen LogP contribution in [-0.4, -0.2) is 71.8 Å². The van der Waals surface area contributed by atoms with Gasteiger partial charge in [0.15, 0.2) is 0 Å². The molecule has 2 aliphatic heterocycles. The molecule has 7 nitrogen and oxygen atoms in total. The summed E-state index contributed by atoms with van der Waals surface area (Å²) in [4.78, 5) is 23.7. The van der Waals surface area contributed by atoms with E-state index in [9.17, 15) is 9.90 Å². The second-order valence-electron chi connectivity index (χ2n) is 8.02. The maximum Gasteiger partial charge on any atom is 0.318 e. The van der Waals surface area contributed by atoms with Gasteiger partial charge in [-0.2, -0.15) is 0 Å². The van der Waals surface area contributed by atoms with Gasteiger partial charge in [0.2, 0.25) is 0 Å². The summed E-state index contributed by atoms with van der Waals surface area (Å²) in [6.07, 6.45) is 1.83. The maximum absolute atomic E-state index is 12.9. The molecule has 3 heterocycles. The van der Waals surface area contributed by atoms with Crippen LogP contribution in [0.15, 0.2) is 47.1 Å². The van der Waals surface area contributed by atoms with Crippen LogP contribution in [0.5, 0.6) is 0 Å². The molecule has 1 aromatic heterocycles. The first-order valence-electron chi connectivity index (χ1n) is 10.4. The summed E-state index contributed by atoms with van der Waals surface area (Å²) in [6.45, 7) is 4.94. The number of nitrogens with zero attached hydrogens (tertiary/aromatic N) is 4. The lowest BCUT2D eigenvalue weighted by atomic mass is 10.0. The second kappa shape index (κ2) is 9.32. The van der Waals surface area contributed by atoms with Crippen molar-refractivity contribution in [3.63, 3.8) is 0 Å². The van der Waals surface area contributed by atoms with Crippen molar-refractivity contribution in [3.05, 3.63) is 58.2 Å². The number of amides is 2. The van der Waals surface area contributed by atoms with Gasteiger partial charge in [-0.05, 0) is 48.9 Å². The van der Waals surface area contributed by atoms with Gasteiger partial charge in [0.05, 0.1) is 12.1 Å². The number of hydrogen-bond acceptors (Lipinski definition) is 5. The lowest BCUT2D eigenvalue weighted by Crippen LogP contribution is -2.44. The van der Waals surface area contributed by atoms with Crippen LogP contribution in [0.4, 0.5) is 10.6 Å². The molecule has 0 saturated carbocycles. The quantitative estimate of drug-likeness (QED) is 0.713. The number of likely N-dealkylation sites (tertiary alicyclic amines) is 1. The number of nitrogens with one attached hydrogen (secondary N) is 1. The van der Waals surface area contributed by atoms with Gasteiger partial charge in [0.25, 0.3) is 0 Å². The minimum absolute atomic E-state index is 0.155. The standard InChI is InChI=1S/C22H28BrN5O2/c1-26-10-12-27(13-11-26)20-14-16(6-8-24-20)15-25-22(30)28-9-7-19(29)21(28)17-2-4-18(23)5-3-17/h2-6,8,14,19,21,29H,7,9-13,15H2,1H3,(H,25,30)/t19-,21-/m1/s1. The summed E-state index contributed by atoms with van der Waals surface area (Å²) in [5.74, 6) is 0.958. The molecule has 2 atom stereocenters. The van der Waals surface area contributed by atoms with Crippen molar-refractivity contribution in [1.82, 2.24) is 20.1 Å². The predicted octanol–water partition coefficient (Wildman–Crippen LogP) is 2.61. The first-order chi connectivity index (χ1) is 14.5. The first-order valence-corrected chi connectivity index (χ1v) is 11.2. The Bertz CT molecular complexity index is 870. The minimum Gasteiger partial charge on any atom is -0.391 e. The van der Waals surface area contributed by atoms with Gasteiger partial charge >= 0.3 is 6.03 Å². The molecule has 0 spiro atoms. The zero-order chi connectivity index (χ0) is 21.1. The van der Waals surface area contributed by atoms with Gasteiger partial charge in [0, 0.05) is 49.9 Å². The number of urea groups is 1. The number of carbonyl (C=O) groups excluding carboxylic acids is 1. The number of halogens is 1. The topological polar surface area (TPSA) is 71.9 Å². The van der Waals surface area contributed by atoms with Crippen molar-refractivity contribution >= 4 is 27.8 Å². The molecule has 8 heteroatoms. The summed E-state index contributed by atoms with van der Waals surface area (Å²) < 4.78 is 0.976. The second-order valence-corrected chi connectivity index (χ2v) is 8.93. The fraction of sp³-hybridized carbons (Fsp3) is 0.455. The molecule has 0 bridgehead atoms. The third-order valence-corrected chi connectivity index (χ3v) is 6.45. The number of aromatic nitrogens is 1. The molecule has 30 heavy (non-hydrogen) atoms. The lowest BCUT2D eigenvalue weighted by Gasteiger charge is -2.33. The minimum atomic E-state index is -0.554. The number of hydrogen-bond donors (Lipinski definition) is 2. The van der Waals surface area contributed by atoms with E-state index in [0.29, 0.717) is 19.5 Å². The van der Waals surface area contributed by atoms with E-state index in [4.69, 9.17) is 0 Å². The van der Waals surface area contributed by atoms with E-state index < -0.39 is 6.10 Å². The summed E-state index contributed by atoms with van der Waals surface area (Å²) in [6, 6.07) is 11.3. The Morgan fingerprint density at radius 1 is 1.17 bits per heavy atom. The van der Waals surface area contributed by atoms with E-state index >= 15 is 0 Å². The van der Waals surface area contributed by atoms with E-state index in [1.54, 1.807) is 11.1 Å². The van der Waals surface area contributed by atoms with Crippen LogP contribution in [0.25, 0.3) is 0 Å². The summed E-state index contributed by atoms with van der Waals surface area (Å²) in [7, 11) is 2.13. The highest BCUT2D eigenvalue weighted by Gasteiger charge is 2.37. The predicted molar refractivity (Wildman–Crippen MR) is 120 cm³/mol. The van der Waals surface area contributed by atoms with E-state index in [0.717, 1.165) is 47.6 Å². The highest BCUT2D eigenvalue weighted by molar-refractivity contribution is 9.10. The summed E-state index contributed by atoms with van der Waals surface area (Å²) in [5.41, 5.74) is 1.96. The van der Waals surface area contributed by atoms with E-state index in [-0.39, 0.29) is 12.1 Å². The molecular formula is C22H28BrN5O2. The largest absolute Gasteiger partial charge is 0.391 e. The fourth-order valence-electron chi connectivity index (χ4n) is 4.12. The van der Waals surface area contributed by atoms with Crippen LogP contribution >= 0.6 is 15.9 Å². The highest BCUT2D eigenvalue weighted by atomic mass is 79.9. The molecule has 2 N–H and O–H groups in total. The Balaban J connectivity index is 1.39. The number of pyridine rings is 1. The normalized spacial score (nSPS) is 22.4. The van der Waals surface area contributed by atoms with Crippen LogP contribution in [0.1, 0.15) is 23.6 Å². The molecule has 4 rings (SSSR count). The zero-order valence-electron chi connectivity index (χ0n) is 17.2. The van der Waals surface area contributed by atoms with Gasteiger partial charge in [-0.3, -0.25) is 0 Å². The lowest BCUT2D eigenvalue weighted by molar-refractivity contribution is 0.122. The molecule has 0 unspecified atom stereocenters. The average Bonchev–Trinajstić information content (AvgIpc) is 3.15. The van der Waals surface area contributed by atoms with Gasteiger partial charge in [0.1, 0.15) is 5.82 Å². The van der Waals surface area contributed by atoms with Crippen LogP contribution in [0.2, 0.25) is 0 Å². The third kappa shape index (κ3) is 4.77. The van der Waals surface area contributed by atoms with Crippen molar-refractivity contribution in [2.24, 2.45) is 0 Å². The Hall–Kier alpha value is -2.16. The highest BCUT2D eigenvalue weighted by Crippen LogP contribution is 2.33. The Labute approximate surface area is 185 Å². The Morgan fingerprint density at radius 3 is 2.63 bits per heavy atom. The first kappa shape index (κ1) is 21.1. The molecule has 2 aromatic rings. The third-order valence-electron chi connectivity index (χ3n) is 5.92. The molecule has 1 aromatic carbocycles. The van der Waals surface area contributed by atoms with Crippen LogP contribution in [0, 0.1) is 0 Å². The van der Waals surface area contributed by atoms with Crippen molar-refractivity contribution < 1.29 is 9.90 Å². The monoisotopic (exact) mass is 473 g/mol. The summed E-state index contributed by atoms with van der Waals surface area (Å²) >= 11 is 3.44. The number of carbonyl (C=O) groups is 1. The summed E-state index contributed by atoms with van der Waals surface area (Å²) in [5, 5.41) is 13.5. The number of rotatable bonds is 4. The van der Waals surface area contributed by atoms with Crippen LogP contribution in [-0.2, 0) is 6.54 Å². The van der Waals surface area contributed by atoms with Gasteiger partial charge in [-0.25, -0.2) is 9.78 Å². The maximum atomic E-state index is 12.9. The van der Waals surface area contributed by atoms with Crippen LogP contribution < -0.4 is 10.2 Å². The fourth-order valence-corrected chi connectivity index (χ4v) is 4.39. The van der Waals surface area contributed by atoms with Crippen LogP contribution in [0.3, 0.4) is 0 Å². The number of likely N-dealkylation sites (N-methyl/N-ethyl adjacent to an activating group) is 1. The zero-order valence-corrected chi connectivity index (χ0v) is 18.8. The Morgan fingerprint density at radius 2 is 1.90 bits per heavy atom. The molecule has 2 saturated heterocycles.